The number of benzene rings is 2. The molecule has 3 amide bonds. The van der Waals surface area contributed by atoms with Gasteiger partial charge in [0.25, 0.3) is 5.91 Å². The standard InChI is InChI=1S/C31H40N4O3/c1-2-26(23-10-4-3-5-11-23)30(37)35-20-18-33(19-21-35)28-15-14-25(32-29(36)24-12-6-7-13-24)22-27(28)31(38)34-16-8-9-17-34/h3-5,10-11,14-15,22,24,26H,2,6-9,12-13,16-21H2,1H3,(H,32,36). The number of nitrogens with one attached hydrogen (secondary N) is 1. The van der Waals surface area contributed by atoms with Crippen LogP contribution < -0.4 is 10.2 Å². The summed E-state index contributed by atoms with van der Waals surface area (Å²) in [7, 11) is 0. The molecule has 0 aromatic heterocycles. The van der Waals surface area contributed by atoms with E-state index >= 15 is 0 Å². The summed E-state index contributed by atoms with van der Waals surface area (Å²) in [5, 5.41) is 3.08. The van der Waals surface area contributed by atoms with Gasteiger partial charge >= 0.3 is 0 Å². The first-order valence-electron chi connectivity index (χ1n) is 14.4. The van der Waals surface area contributed by atoms with Gasteiger partial charge in [0.2, 0.25) is 11.8 Å². The minimum absolute atomic E-state index is 0.0306. The number of hydrogen-bond acceptors (Lipinski definition) is 4. The second-order valence-corrected chi connectivity index (χ2v) is 10.9. The van der Waals surface area contributed by atoms with Crippen LogP contribution in [0.5, 0.6) is 0 Å². The predicted octanol–water partition coefficient (Wildman–Crippen LogP) is 4.89. The zero-order valence-electron chi connectivity index (χ0n) is 22.5. The van der Waals surface area contributed by atoms with E-state index in [2.05, 4.69) is 17.1 Å². The zero-order valence-corrected chi connectivity index (χ0v) is 22.5. The number of amides is 3. The molecule has 1 saturated carbocycles. The highest BCUT2D eigenvalue weighted by Crippen LogP contribution is 2.31. The number of carbonyl (C=O) groups is 3. The van der Waals surface area contributed by atoms with E-state index in [9.17, 15) is 14.4 Å². The van der Waals surface area contributed by atoms with Crippen molar-refractivity contribution in [1.29, 1.82) is 0 Å². The minimum Gasteiger partial charge on any atom is -0.367 e. The van der Waals surface area contributed by atoms with Gasteiger partial charge in [0.15, 0.2) is 0 Å². The maximum Gasteiger partial charge on any atom is 0.256 e. The zero-order chi connectivity index (χ0) is 26.5. The van der Waals surface area contributed by atoms with E-state index in [4.69, 9.17) is 0 Å². The second-order valence-electron chi connectivity index (χ2n) is 10.9. The van der Waals surface area contributed by atoms with Crippen molar-refractivity contribution in [3.05, 3.63) is 59.7 Å². The summed E-state index contributed by atoms with van der Waals surface area (Å²) in [5.74, 6) is 0.212. The van der Waals surface area contributed by atoms with Gasteiger partial charge in [-0.3, -0.25) is 14.4 Å². The first-order chi connectivity index (χ1) is 18.5. The van der Waals surface area contributed by atoms with Crippen molar-refractivity contribution in [2.75, 3.05) is 49.5 Å². The van der Waals surface area contributed by atoms with Gasteiger partial charge < -0.3 is 20.0 Å². The molecule has 0 bridgehead atoms. The Hall–Kier alpha value is -3.35. The van der Waals surface area contributed by atoms with Crippen molar-refractivity contribution in [3.8, 4) is 0 Å². The molecule has 2 aliphatic heterocycles. The molecule has 5 rings (SSSR count). The largest absolute Gasteiger partial charge is 0.367 e. The van der Waals surface area contributed by atoms with E-state index in [1.807, 2.05) is 58.3 Å². The third-order valence-corrected chi connectivity index (χ3v) is 8.45. The van der Waals surface area contributed by atoms with E-state index in [1.165, 1.54) is 0 Å². The molecular weight excluding hydrogens is 476 g/mol. The quantitative estimate of drug-likeness (QED) is 0.569. The highest BCUT2D eigenvalue weighted by Gasteiger charge is 2.30. The summed E-state index contributed by atoms with van der Waals surface area (Å²) in [4.78, 5) is 45.8. The van der Waals surface area contributed by atoms with Gasteiger partial charge in [-0.1, -0.05) is 50.1 Å². The second kappa shape index (κ2) is 12.0. The molecule has 7 heteroatoms. The molecule has 3 aliphatic rings. The summed E-state index contributed by atoms with van der Waals surface area (Å²) < 4.78 is 0. The first kappa shape index (κ1) is 26.3. The maximum absolute atomic E-state index is 13.6. The topological polar surface area (TPSA) is 73.0 Å². The highest BCUT2D eigenvalue weighted by molar-refractivity contribution is 6.02. The van der Waals surface area contributed by atoms with E-state index in [0.717, 1.165) is 69.3 Å². The van der Waals surface area contributed by atoms with Crippen LogP contribution in [0.25, 0.3) is 0 Å². The number of piperazine rings is 1. The predicted molar refractivity (Wildman–Crippen MR) is 150 cm³/mol. The fourth-order valence-corrected chi connectivity index (χ4v) is 6.21. The van der Waals surface area contributed by atoms with Gasteiger partial charge in [0.05, 0.1) is 11.5 Å². The van der Waals surface area contributed by atoms with E-state index in [-0.39, 0.29) is 29.6 Å². The molecule has 1 unspecified atom stereocenters. The fraction of sp³-hybridized carbons (Fsp3) is 0.516. The van der Waals surface area contributed by atoms with E-state index in [1.54, 1.807) is 0 Å². The molecule has 7 nitrogen and oxygen atoms in total. The monoisotopic (exact) mass is 516 g/mol. The number of anilines is 2. The Bertz CT molecular complexity index is 1130. The lowest BCUT2D eigenvalue weighted by Gasteiger charge is -2.38. The molecule has 2 heterocycles. The molecule has 0 spiro atoms. The fourth-order valence-electron chi connectivity index (χ4n) is 6.21. The van der Waals surface area contributed by atoms with Crippen LogP contribution in [-0.2, 0) is 9.59 Å². The van der Waals surface area contributed by atoms with Gasteiger partial charge in [-0.15, -0.1) is 0 Å². The number of nitrogens with zero attached hydrogens (tertiary/aromatic N) is 3. The van der Waals surface area contributed by atoms with Crippen LogP contribution in [0.4, 0.5) is 11.4 Å². The van der Waals surface area contributed by atoms with Gasteiger partial charge in [0, 0.05) is 56.6 Å². The molecular formula is C31H40N4O3. The number of likely N-dealkylation sites (tertiary alicyclic amines) is 1. The van der Waals surface area contributed by atoms with Gasteiger partial charge in [0.1, 0.15) is 0 Å². The Morgan fingerprint density at radius 2 is 1.53 bits per heavy atom. The molecule has 1 atom stereocenters. The summed E-state index contributed by atoms with van der Waals surface area (Å²) in [6.45, 7) is 6.21. The molecule has 202 valence electrons. The third kappa shape index (κ3) is 5.71. The molecule has 1 N–H and O–H groups in total. The Balaban J connectivity index is 1.31. The SMILES string of the molecule is CCC(C(=O)N1CCN(c2ccc(NC(=O)C3CCCC3)cc2C(=O)N2CCCC2)CC1)c1ccccc1. The van der Waals surface area contributed by atoms with Crippen molar-refractivity contribution in [3.63, 3.8) is 0 Å². The van der Waals surface area contributed by atoms with Crippen LogP contribution in [0.15, 0.2) is 48.5 Å². The average Bonchev–Trinajstić information content (AvgIpc) is 3.69. The van der Waals surface area contributed by atoms with Crippen molar-refractivity contribution in [2.45, 2.75) is 57.8 Å². The molecule has 2 aromatic rings. The minimum atomic E-state index is -0.127. The molecule has 1 aliphatic carbocycles. The summed E-state index contributed by atoms with van der Waals surface area (Å²) in [5.41, 5.74) is 3.29. The Morgan fingerprint density at radius 3 is 2.18 bits per heavy atom. The summed E-state index contributed by atoms with van der Waals surface area (Å²) >= 11 is 0. The molecule has 2 saturated heterocycles. The van der Waals surface area contributed by atoms with Gasteiger partial charge in [-0.25, -0.2) is 0 Å². The van der Waals surface area contributed by atoms with Gasteiger partial charge in [-0.05, 0) is 55.9 Å². The smallest absolute Gasteiger partial charge is 0.256 e. The van der Waals surface area contributed by atoms with Gasteiger partial charge in [-0.2, -0.15) is 0 Å². The van der Waals surface area contributed by atoms with E-state index in [0.29, 0.717) is 37.4 Å². The van der Waals surface area contributed by atoms with Crippen molar-refractivity contribution >= 4 is 29.1 Å². The van der Waals surface area contributed by atoms with Crippen molar-refractivity contribution in [2.24, 2.45) is 5.92 Å². The lowest BCUT2D eigenvalue weighted by molar-refractivity contribution is -0.133. The Kier molecular flexibility index (Phi) is 8.30. The lowest BCUT2D eigenvalue weighted by Crippen LogP contribution is -2.50. The van der Waals surface area contributed by atoms with Crippen LogP contribution in [-0.4, -0.2) is 66.8 Å². The maximum atomic E-state index is 13.6. The van der Waals surface area contributed by atoms with Crippen LogP contribution in [0.1, 0.15) is 73.7 Å². The Morgan fingerprint density at radius 1 is 0.842 bits per heavy atom. The molecule has 0 radical (unpaired) electrons. The third-order valence-electron chi connectivity index (χ3n) is 8.45. The molecule has 38 heavy (non-hydrogen) atoms. The normalized spacial score (nSPS) is 19.0. The van der Waals surface area contributed by atoms with Crippen molar-refractivity contribution < 1.29 is 14.4 Å². The highest BCUT2D eigenvalue weighted by atomic mass is 16.2. The molecule has 2 aromatic carbocycles. The summed E-state index contributed by atoms with van der Waals surface area (Å²) in [6.07, 6.45) is 6.92. The number of hydrogen-bond donors (Lipinski definition) is 1. The number of carbonyl (C=O) groups excluding carboxylic acids is 3. The lowest BCUT2D eigenvalue weighted by atomic mass is 9.94. The molecule has 3 fully saturated rings. The van der Waals surface area contributed by atoms with Crippen LogP contribution in [0.2, 0.25) is 0 Å². The Labute approximate surface area is 226 Å². The first-order valence-corrected chi connectivity index (χ1v) is 14.4. The van der Waals surface area contributed by atoms with Crippen LogP contribution in [0, 0.1) is 5.92 Å². The van der Waals surface area contributed by atoms with Crippen LogP contribution >= 0.6 is 0 Å². The van der Waals surface area contributed by atoms with E-state index < -0.39 is 0 Å². The average molecular weight is 517 g/mol. The summed E-state index contributed by atoms with van der Waals surface area (Å²) in [6, 6.07) is 15.8. The van der Waals surface area contributed by atoms with Crippen molar-refractivity contribution in [1.82, 2.24) is 9.80 Å². The van der Waals surface area contributed by atoms with Crippen LogP contribution in [0.3, 0.4) is 0 Å². The number of rotatable bonds is 7.